The van der Waals surface area contributed by atoms with Gasteiger partial charge in [0.2, 0.25) is 0 Å². The standard InChI is InChI=1S/C22H21F15O3/c1-11-10-39-15(40-12(11)2)13-4-6-14(7-5-13)38-9-3-8-16(23,24)17(25,26)18(27,28)19(29,30)20(31,32)21(33,34)22(35,36)37/h4-7,11-12,15H,3,8-10H2,1-2H3/t11-,12+,15-/m1/s1. The van der Waals surface area contributed by atoms with E-state index < -0.39 is 67.5 Å². The lowest BCUT2D eigenvalue weighted by atomic mass is 9.90. The summed E-state index contributed by atoms with van der Waals surface area (Å²) in [5, 5.41) is 0. The first-order valence-electron chi connectivity index (χ1n) is 11.2. The number of hydrogen-bond donors (Lipinski definition) is 0. The molecule has 2 rings (SSSR count). The van der Waals surface area contributed by atoms with Crippen molar-refractivity contribution in [2.75, 3.05) is 13.2 Å². The predicted molar refractivity (Wildman–Crippen MR) is 105 cm³/mol. The molecular formula is C22H21F15O3. The van der Waals surface area contributed by atoms with Crippen LogP contribution in [0.2, 0.25) is 0 Å². The molecule has 0 aliphatic carbocycles. The Kier molecular flexibility index (Phi) is 9.33. The van der Waals surface area contributed by atoms with Crippen molar-refractivity contribution in [3.05, 3.63) is 29.8 Å². The maximum Gasteiger partial charge on any atom is 0.460 e. The molecule has 0 aromatic heterocycles. The molecule has 1 aliphatic rings. The average molecular weight is 618 g/mol. The van der Waals surface area contributed by atoms with Gasteiger partial charge in [-0.25, -0.2) is 0 Å². The Morgan fingerprint density at radius 2 is 1.18 bits per heavy atom. The van der Waals surface area contributed by atoms with Gasteiger partial charge in [0.05, 0.1) is 19.3 Å². The molecule has 1 heterocycles. The summed E-state index contributed by atoms with van der Waals surface area (Å²) in [5.74, 6) is -46.4. The van der Waals surface area contributed by atoms with Crippen molar-refractivity contribution in [3.63, 3.8) is 0 Å². The molecule has 18 heteroatoms. The van der Waals surface area contributed by atoms with Crippen LogP contribution in [0.5, 0.6) is 5.75 Å². The van der Waals surface area contributed by atoms with Gasteiger partial charge in [0.1, 0.15) is 5.75 Å². The minimum absolute atomic E-state index is 0.0815. The first-order chi connectivity index (χ1) is 17.8. The number of rotatable bonds is 11. The Bertz CT molecular complexity index is 992. The monoisotopic (exact) mass is 618 g/mol. The van der Waals surface area contributed by atoms with Gasteiger partial charge in [0.25, 0.3) is 0 Å². The Balaban J connectivity index is 2.07. The molecule has 0 unspecified atom stereocenters. The second kappa shape index (κ2) is 10.9. The molecule has 1 aromatic carbocycles. The van der Waals surface area contributed by atoms with Crippen molar-refractivity contribution in [2.45, 2.75) is 80.8 Å². The summed E-state index contributed by atoms with van der Waals surface area (Å²) in [6.45, 7) is 3.11. The molecule has 1 fully saturated rings. The molecule has 0 amide bonds. The Hall–Kier alpha value is -2.11. The summed E-state index contributed by atoms with van der Waals surface area (Å²) in [7, 11) is 0. The summed E-state index contributed by atoms with van der Waals surface area (Å²) < 4.78 is 214. The fourth-order valence-electron chi connectivity index (χ4n) is 3.28. The van der Waals surface area contributed by atoms with E-state index in [1.165, 1.54) is 24.3 Å². The van der Waals surface area contributed by atoms with Gasteiger partial charge in [0.15, 0.2) is 6.29 Å². The third-order valence-corrected chi connectivity index (χ3v) is 6.10. The van der Waals surface area contributed by atoms with Gasteiger partial charge in [-0.3, -0.25) is 0 Å². The highest BCUT2D eigenvalue weighted by Gasteiger charge is 2.93. The van der Waals surface area contributed by atoms with E-state index in [0.717, 1.165) is 0 Å². The molecule has 40 heavy (non-hydrogen) atoms. The molecule has 1 saturated heterocycles. The van der Waals surface area contributed by atoms with Crippen molar-refractivity contribution >= 4 is 0 Å². The molecule has 232 valence electrons. The zero-order valence-electron chi connectivity index (χ0n) is 20.3. The summed E-state index contributed by atoms with van der Waals surface area (Å²) >= 11 is 0. The fraction of sp³-hybridized carbons (Fsp3) is 0.727. The summed E-state index contributed by atoms with van der Waals surface area (Å²) in [4.78, 5) is 0. The van der Waals surface area contributed by atoms with Crippen LogP contribution >= 0.6 is 0 Å². The lowest BCUT2D eigenvalue weighted by Crippen LogP contribution is -2.72. The highest BCUT2D eigenvalue weighted by atomic mass is 19.4. The third-order valence-electron chi connectivity index (χ3n) is 6.10. The van der Waals surface area contributed by atoms with Crippen LogP contribution in [-0.2, 0) is 9.47 Å². The van der Waals surface area contributed by atoms with Crippen molar-refractivity contribution in [3.8, 4) is 5.75 Å². The number of ether oxygens (including phenoxy) is 3. The van der Waals surface area contributed by atoms with E-state index in [2.05, 4.69) is 0 Å². The van der Waals surface area contributed by atoms with Crippen LogP contribution in [0.3, 0.4) is 0 Å². The molecule has 0 spiro atoms. The third kappa shape index (κ3) is 5.79. The zero-order valence-corrected chi connectivity index (χ0v) is 20.3. The number of benzene rings is 1. The van der Waals surface area contributed by atoms with E-state index in [-0.39, 0.29) is 17.8 Å². The summed E-state index contributed by atoms with van der Waals surface area (Å²) in [6.07, 6.45) is -12.3. The van der Waals surface area contributed by atoms with E-state index in [9.17, 15) is 65.9 Å². The normalized spacial score (nSPS) is 22.4. The minimum Gasteiger partial charge on any atom is -0.494 e. The molecule has 3 nitrogen and oxygen atoms in total. The van der Waals surface area contributed by atoms with Crippen LogP contribution in [0.1, 0.15) is 38.5 Å². The Morgan fingerprint density at radius 1 is 0.700 bits per heavy atom. The van der Waals surface area contributed by atoms with E-state index in [0.29, 0.717) is 12.2 Å². The first-order valence-corrected chi connectivity index (χ1v) is 11.2. The van der Waals surface area contributed by atoms with Crippen LogP contribution in [0, 0.1) is 5.92 Å². The molecule has 0 radical (unpaired) electrons. The van der Waals surface area contributed by atoms with E-state index in [1.807, 2.05) is 6.92 Å². The number of hydrogen-bond acceptors (Lipinski definition) is 3. The lowest BCUT2D eigenvalue weighted by molar-refractivity contribution is -0.452. The van der Waals surface area contributed by atoms with Crippen molar-refractivity contribution < 1.29 is 80.1 Å². The minimum atomic E-state index is -8.29. The first kappa shape index (κ1) is 34.1. The number of alkyl halides is 15. The van der Waals surface area contributed by atoms with Crippen LogP contribution in [0.4, 0.5) is 65.9 Å². The van der Waals surface area contributed by atoms with Gasteiger partial charge in [-0.15, -0.1) is 0 Å². The second-order valence-electron chi connectivity index (χ2n) is 9.08. The van der Waals surface area contributed by atoms with Gasteiger partial charge >= 0.3 is 41.7 Å². The van der Waals surface area contributed by atoms with Crippen LogP contribution in [0.25, 0.3) is 0 Å². The maximum absolute atomic E-state index is 13.9. The summed E-state index contributed by atoms with van der Waals surface area (Å²) in [5.41, 5.74) is 0.494. The predicted octanol–water partition coefficient (Wildman–Crippen LogP) is 8.29. The highest BCUT2D eigenvalue weighted by Crippen LogP contribution is 2.62. The molecule has 1 aromatic rings. The maximum atomic E-state index is 13.9. The van der Waals surface area contributed by atoms with E-state index >= 15 is 0 Å². The molecule has 3 atom stereocenters. The summed E-state index contributed by atoms with van der Waals surface area (Å²) in [6, 6.07) is 5.31. The SMILES string of the molecule is C[C@@H]1CO[C@@H](c2ccc(OCCCC(F)(F)C(F)(F)C(F)(F)C(F)(F)C(F)(F)C(F)(F)C(F)(F)F)cc2)O[C@H]1C. The van der Waals surface area contributed by atoms with Crippen LogP contribution in [0.15, 0.2) is 24.3 Å². The average Bonchev–Trinajstić information content (AvgIpc) is 2.82. The lowest BCUT2D eigenvalue weighted by Gasteiger charge is -2.41. The highest BCUT2D eigenvalue weighted by molar-refractivity contribution is 5.28. The van der Waals surface area contributed by atoms with Crippen molar-refractivity contribution in [1.29, 1.82) is 0 Å². The van der Waals surface area contributed by atoms with Crippen LogP contribution < -0.4 is 4.74 Å². The van der Waals surface area contributed by atoms with Gasteiger partial charge in [0, 0.05) is 17.9 Å². The van der Waals surface area contributed by atoms with E-state index in [4.69, 9.17) is 14.2 Å². The molecular weight excluding hydrogens is 597 g/mol. The molecule has 0 saturated carbocycles. The van der Waals surface area contributed by atoms with Gasteiger partial charge in [-0.1, -0.05) is 19.1 Å². The van der Waals surface area contributed by atoms with Crippen molar-refractivity contribution in [2.24, 2.45) is 5.92 Å². The van der Waals surface area contributed by atoms with Crippen LogP contribution in [-0.4, -0.2) is 61.0 Å². The smallest absolute Gasteiger partial charge is 0.460 e. The van der Waals surface area contributed by atoms with Gasteiger partial charge < -0.3 is 14.2 Å². The Labute approximate surface area is 216 Å². The van der Waals surface area contributed by atoms with Crippen molar-refractivity contribution in [1.82, 2.24) is 0 Å². The molecule has 0 N–H and O–H groups in total. The molecule has 1 aliphatic heterocycles. The van der Waals surface area contributed by atoms with Gasteiger partial charge in [-0.2, -0.15) is 65.9 Å². The zero-order chi connectivity index (χ0) is 31.2. The second-order valence-corrected chi connectivity index (χ2v) is 9.08. The largest absolute Gasteiger partial charge is 0.494 e. The number of halogens is 15. The fourth-order valence-corrected chi connectivity index (χ4v) is 3.28. The molecule has 0 bridgehead atoms. The van der Waals surface area contributed by atoms with E-state index in [1.54, 1.807) is 6.92 Å². The topological polar surface area (TPSA) is 27.7 Å². The quantitative estimate of drug-likeness (QED) is 0.185. The van der Waals surface area contributed by atoms with Gasteiger partial charge in [-0.05, 0) is 25.5 Å². The Morgan fingerprint density at radius 3 is 1.65 bits per heavy atom.